The number of hydrogen-bond donors (Lipinski definition) is 1. The van der Waals surface area contributed by atoms with Gasteiger partial charge >= 0.3 is 5.97 Å². The van der Waals surface area contributed by atoms with Crippen LogP contribution in [0.5, 0.6) is 0 Å². The third-order valence-electron chi connectivity index (χ3n) is 3.88. The van der Waals surface area contributed by atoms with Crippen LogP contribution in [0.2, 0.25) is 0 Å². The molecule has 0 radical (unpaired) electrons. The standard InChI is InChI=1S/C16H22N2O3/c1-4-12-8-18(9-12)16(20)15-7-14(17-3)6-5-13(15)10-21-11(2)19/h5-7,12,17H,4,8-10H2,1-3H3. The first-order chi connectivity index (χ1) is 10.0. The van der Waals surface area contributed by atoms with Crippen LogP contribution in [0.3, 0.4) is 0 Å². The molecular formula is C16H22N2O3. The molecule has 1 N–H and O–H groups in total. The van der Waals surface area contributed by atoms with Crippen LogP contribution in [-0.4, -0.2) is 36.9 Å². The van der Waals surface area contributed by atoms with Gasteiger partial charge in [-0.1, -0.05) is 13.0 Å². The van der Waals surface area contributed by atoms with E-state index in [1.807, 2.05) is 30.1 Å². The maximum atomic E-state index is 12.6. The molecule has 1 saturated heterocycles. The lowest BCUT2D eigenvalue weighted by atomic mass is 9.95. The summed E-state index contributed by atoms with van der Waals surface area (Å²) in [4.78, 5) is 25.4. The van der Waals surface area contributed by atoms with Gasteiger partial charge in [-0.2, -0.15) is 0 Å². The smallest absolute Gasteiger partial charge is 0.302 e. The molecule has 1 aromatic carbocycles. The van der Waals surface area contributed by atoms with Crippen molar-refractivity contribution in [1.82, 2.24) is 4.90 Å². The van der Waals surface area contributed by atoms with Crippen molar-refractivity contribution >= 4 is 17.6 Å². The molecule has 1 fully saturated rings. The van der Waals surface area contributed by atoms with Crippen LogP contribution in [0.1, 0.15) is 36.2 Å². The molecule has 0 bridgehead atoms. The van der Waals surface area contributed by atoms with Gasteiger partial charge in [0, 0.05) is 43.9 Å². The first-order valence-electron chi connectivity index (χ1n) is 7.28. The Labute approximate surface area is 125 Å². The van der Waals surface area contributed by atoms with Gasteiger partial charge < -0.3 is 15.0 Å². The molecule has 0 aromatic heterocycles. The van der Waals surface area contributed by atoms with E-state index >= 15 is 0 Å². The zero-order valence-corrected chi connectivity index (χ0v) is 12.8. The topological polar surface area (TPSA) is 58.6 Å². The second-order valence-electron chi connectivity index (χ2n) is 5.39. The minimum atomic E-state index is -0.346. The highest BCUT2D eigenvalue weighted by Crippen LogP contribution is 2.24. The highest BCUT2D eigenvalue weighted by Gasteiger charge is 2.31. The summed E-state index contributed by atoms with van der Waals surface area (Å²) in [6, 6.07) is 5.53. The SMILES string of the molecule is CCC1CN(C(=O)c2cc(NC)ccc2COC(C)=O)C1. The Morgan fingerprint density at radius 2 is 2.10 bits per heavy atom. The number of carbonyl (C=O) groups excluding carboxylic acids is 2. The van der Waals surface area contributed by atoms with Crippen LogP contribution in [0.4, 0.5) is 5.69 Å². The number of nitrogens with zero attached hydrogens (tertiary/aromatic N) is 1. The van der Waals surface area contributed by atoms with E-state index < -0.39 is 0 Å². The number of amides is 1. The van der Waals surface area contributed by atoms with E-state index in [1.165, 1.54) is 6.92 Å². The average Bonchev–Trinajstić information content (AvgIpc) is 2.43. The molecule has 1 aromatic rings. The van der Waals surface area contributed by atoms with Crippen molar-refractivity contribution in [3.05, 3.63) is 29.3 Å². The first kappa shape index (κ1) is 15.4. The molecule has 0 atom stereocenters. The summed E-state index contributed by atoms with van der Waals surface area (Å²) < 4.78 is 5.04. The van der Waals surface area contributed by atoms with Gasteiger partial charge in [0.25, 0.3) is 5.91 Å². The van der Waals surface area contributed by atoms with Crippen molar-refractivity contribution in [3.8, 4) is 0 Å². The average molecular weight is 290 g/mol. The van der Waals surface area contributed by atoms with Gasteiger partial charge in [0.1, 0.15) is 6.61 Å². The highest BCUT2D eigenvalue weighted by atomic mass is 16.5. The number of ether oxygens (including phenoxy) is 1. The van der Waals surface area contributed by atoms with Crippen LogP contribution in [-0.2, 0) is 16.1 Å². The number of anilines is 1. The van der Waals surface area contributed by atoms with Crippen LogP contribution < -0.4 is 5.32 Å². The summed E-state index contributed by atoms with van der Waals surface area (Å²) in [5.74, 6) is 0.276. The number of hydrogen-bond acceptors (Lipinski definition) is 4. The Bertz CT molecular complexity index is 536. The molecular weight excluding hydrogens is 268 g/mol. The van der Waals surface area contributed by atoms with Gasteiger partial charge in [0.15, 0.2) is 0 Å². The molecule has 21 heavy (non-hydrogen) atoms. The largest absolute Gasteiger partial charge is 0.461 e. The quantitative estimate of drug-likeness (QED) is 0.845. The van der Waals surface area contributed by atoms with Gasteiger partial charge in [0.05, 0.1) is 0 Å². The lowest BCUT2D eigenvalue weighted by Gasteiger charge is -2.39. The summed E-state index contributed by atoms with van der Waals surface area (Å²) >= 11 is 0. The van der Waals surface area contributed by atoms with Crippen LogP contribution in [0.15, 0.2) is 18.2 Å². The Balaban J connectivity index is 2.18. The molecule has 0 aliphatic carbocycles. The summed E-state index contributed by atoms with van der Waals surface area (Å²) in [6.45, 7) is 5.26. The maximum absolute atomic E-state index is 12.6. The Morgan fingerprint density at radius 3 is 2.67 bits per heavy atom. The predicted octanol–water partition coefficient (Wildman–Crippen LogP) is 2.27. The van der Waals surface area contributed by atoms with Crippen molar-refractivity contribution < 1.29 is 14.3 Å². The Hall–Kier alpha value is -2.04. The van der Waals surface area contributed by atoms with E-state index in [2.05, 4.69) is 12.2 Å². The van der Waals surface area contributed by atoms with Crippen molar-refractivity contribution in [2.24, 2.45) is 5.92 Å². The van der Waals surface area contributed by atoms with Crippen molar-refractivity contribution in [3.63, 3.8) is 0 Å². The van der Waals surface area contributed by atoms with Gasteiger partial charge in [-0.05, 0) is 24.5 Å². The lowest BCUT2D eigenvalue weighted by Crippen LogP contribution is -2.49. The lowest BCUT2D eigenvalue weighted by molar-refractivity contribution is -0.142. The second-order valence-corrected chi connectivity index (χ2v) is 5.39. The van der Waals surface area contributed by atoms with E-state index in [4.69, 9.17) is 4.74 Å². The molecule has 5 nitrogen and oxygen atoms in total. The first-order valence-corrected chi connectivity index (χ1v) is 7.28. The molecule has 1 heterocycles. The van der Waals surface area contributed by atoms with E-state index in [0.29, 0.717) is 11.5 Å². The molecule has 1 aliphatic heterocycles. The van der Waals surface area contributed by atoms with Gasteiger partial charge in [-0.15, -0.1) is 0 Å². The van der Waals surface area contributed by atoms with Gasteiger partial charge in [0.2, 0.25) is 0 Å². The number of likely N-dealkylation sites (tertiary alicyclic amines) is 1. The van der Waals surface area contributed by atoms with Gasteiger partial charge in [-0.25, -0.2) is 0 Å². The highest BCUT2D eigenvalue weighted by molar-refractivity contribution is 5.97. The monoisotopic (exact) mass is 290 g/mol. The van der Waals surface area contributed by atoms with Crippen molar-refractivity contribution in [2.75, 3.05) is 25.5 Å². The van der Waals surface area contributed by atoms with Crippen molar-refractivity contribution in [1.29, 1.82) is 0 Å². The number of carbonyl (C=O) groups is 2. The minimum absolute atomic E-state index is 0.0129. The number of benzene rings is 1. The minimum Gasteiger partial charge on any atom is -0.461 e. The Morgan fingerprint density at radius 1 is 1.38 bits per heavy atom. The molecule has 1 amide bonds. The number of rotatable bonds is 5. The predicted molar refractivity (Wildman–Crippen MR) is 81.1 cm³/mol. The fraction of sp³-hybridized carbons (Fsp3) is 0.500. The Kier molecular flexibility index (Phi) is 4.83. The summed E-state index contributed by atoms with van der Waals surface area (Å²) in [6.07, 6.45) is 1.10. The molecule has 0 spiro atoms. The summed E-state index contributed by atoms with van der Waals surface area (Å²) in [7, 11) is 1.81. The third-order valence-corrected chi connectivity index (χ3v) is 3.88. The molecule has 0 unspecified atom stereocenters. The molecule has 5 heteroatoms. The number of esters is 1. The zero-order valence-electron chi connectivity index (χ0n) is 12.8. The second kappa shape index (κ2) is 6.61. The number of nitrogens with one attached hydrogen (secondary N) is 1. The molecule has 114 valence electrons. The van der Waals surface area contributed by atoms with E-state index in [-0.39, 0.29) is 18.5 Å². The van der Waals surface area contributed by atoms with Crippen LogP contribution in [0, 0.1) is 5.92 Å². The summed E-state index contributed by atoms with van der Waals surface area (Å²) in [5, 5.41) is 3.03. The van der Waals surface area contributed by atoms with E-state index in [9.17, 15) is 9.59 Å². The van der Waals surface area contributed by atoms with Crippen LogP contribution in [0.25, 0.3) is 0 Å². The zero-order chi connectivity index (χ0) is 15.4. The van der Waals surface area contributed by atoms with Gasteiger partial charge in [-0.3, -0.25) is 9.59 Å². The molecule has 0 saturated carbocycles. The fourth-order valence-electron chi connectivity index (χ4n) is 2.40. The molecule has 2 rings (SSSR count). The fourth-order valence-corrected chi connectivity index (χ4v) is 2.40. The summed E-state index contributed by atoms with van der Waals surface area (Å²) in [5.41, 5.74) is 2.23. The van der Waals surface area contributed by atoms with Crippen LogP contribution >= 0.6 is 0 Å². The maximum Gasteiger partial charge on any atom is 0.302 e. The third kappa shape index (κ3) is 3.54. The van der Waals surface area contributed by atoms with E-state index in [1.54, 1.807) is 0 Å². The normalized spacial score (nSPS) is 14.5. The molecule has 1 aliphatic rings. The van der Waals surface area contributed by atoms with Crippen molar-refractivity contribution in [2.45, 2.75) is 26.9 Å². The van der Waals surface area contributed by atoms with E-state index in [0.717, 1.165) is 30.8 Å².